The lowest BCUT2D eigenvalue weighted by atomic mass is 10.1. The number of ether oxygens (including phenoxy) is 1. The minimum absolute atomic E-state index is 0.138. The van der Waals surface area contributed by atoms with E-state index >= 15 is 0 Å². The number of carbonyl (C=O) groups excluding carboxylic acids is 1. The van der Waals surface area contributed by atoms with Crippen molar-refractivity contribution in [3.8, 4) is 0 Å². The van der Waals surface area contributed by atoms with E-state index in [1.807, 2.05) is 0 Å². The normalized spacial score (nSPS) is 12.3. The molecule has 0 aromatic carbocycles. The number of amides is 1. The monoisotopic (exact) mass is 317 g/mol. The van der Waals surface area contributed by atoms with Gasteiger partial charge in [0.05, 0.1) is 0 Å². The van der Waals surface area contributed by atoms with E-state index in [0.29, 0.717) is 25.9 Å². The molecule has 128 valence electrons. The van der Waals surface area contributed by atoms with E-state index in [0.717, 1.165) is 0 Å². The van der Waals surface area contributed by atoms with Crippen LogP contribution in [0.1, 0.15) is 33.6 Å². The number of carboxylic acids is 1. The Hall–Kier alpha value is -2.03. The molecule has 1 unspecified atom stereocenters. The molecule has 0 saturated carbocycles. The quantitative estimate of drug-likeness (QED) is 0.196. The van der Waals surface area contributed by atoms with E-state index < -0.39 is 23.7 Å². The summed E-state index contributed by atoms with van der Waals surface area (Å²) in [5.41, 5.74) is 4.56. The maximum absolute atomic E-state index is 11.4. The largest absolute Gasteiger partial charge is 0.480 e. The summed E-state index contributed by atoms with van der Waals surface area (Å²) < 4.78 is 5.06. The highest BCUT2D eigenvalue weighted by Crippen LogP contribution is 2.06. The Morgan fingerprint density at radius 2 is 1.86 bits per heavy atom. The van der Waals surface area contributed by atoms with Gasteiger partial charge in [-0.3, -0.25) is 10.2 Å². The second-order valence-corrected chi connectivity index (χ2v) is 5.76. The van der Waals surface area contributed by atoms with Crippen molar-refractivity contribution >= 4 is 18.0 Å². The first kappa shape index (κ1) is 20.0. The van der Waals surface area contributed by atoms with Gasteiger partial charge in [0.1, 0.15) is 11.6 Å². The van der Waals surface area contributed by atoms with Crippen LogP contribution in [0.15, 0.2) is 0 Å². The van der Waals surface area contributed by atoms with Crippen molar-refractivity contribution < 1.29 is 19.4 Å². The molecule has 1 atom stereocenters. The van der Waals surface area contributed by atoms with Crippen LogP contribution in [0.5, 0.6) is 0 Å². The standard InChI is InChI=1S/C13H27N5O4/c1-13(2,3)22-12(21)18-8-7-16-9(10(19)20)5-4-6-17-11(14)15/h9,16H,4-8H2,1-3H3,(H,18,21)(H,19,20)(H4,14,15,17). The van der Waals surface area contributed by atoms with Crippen LogP contribution in [0.3, 0.4) is 0 Å². The summed E-state index contributed by atoms with van der Waals surface area (Å²) in [4.78, 5) is 22.5. The number of nitrogens with one attached hydrogen (secondary N) is 4. The third-order valence-electron chi connectivity index (χ3n) is 2.47. The van der Waals surface area contributed by atoms with Gasteiger partial charge < -0.3 is 31.5 Å². The number of hydrogen-bond acceptors (Lipinski definition) is 5. The zero-order valence-electron chi connectivity index (χ0n) is 13.4. The van der Waals surface area contributed by atoms with Gasteiger partial charge in [-0.25, -0.2) is 4.79 Å². The van der Waals surface area contributed by atoms with Crippen molar-refractivity contribution in [2.24, 2.45) is 5.73 Å². The van der Waals surface area contributed by atoms with E-state index in [2.05, 4.69) is 16.0 Å². The van der Waals surface area contributed by atoms with Gasteiger partial charge in [-0.2, -0.15) is 0 Å². The fourth-order valence-electron chi connectivity index (χ4n) is 1.57. The molecule has 0 aliphatic rings. The molecule has 0 radical (unpaired) electrons. The van der Waals surface area contributed by atoms with E-state index in [1.165, 1.54) is 0 Å². The van der Waals surface area contributed by atoms with Crippen LogP contribution in [-0.4, -0.2) is 54.4 Å². The lowest BCUT2D eigenvalue weighted by Crippen LogP contribution is -2.42. The number of hydrogen-bond donors (Lipinski definition) is 6. The smallest absolute Gasteiger partial charge is 0.407 e. The summed E-state index contributed by atoms with van der Waals surface area (Å²) in [5.74, 6) is -1.10. The topological polar surface area (TPSA) is 150 Å². The molecule has 0 aliphatic heterocycles. The van der Waals surface area contributed by atoms with Crippen molar-refractivity contribution in [1.29, 1.82) is 5.41 Å². The average molecular weight is 317 g/mol. The fourth-order valence-corrected chi connectivity index (χ4v) is 1.57. The number of alkyl carbamates (subject to hydrolysis) is 1. The van der Waals surface area contributed by atoms with Crippen molar-refractivity contribution in [3.05, 3.63) is 0 Å². The van der Waals surface area contributed by atoms with Gasteiger partial charge in [0.2, 0.25) is 0 Å². The van der Waals surface area contributed by atoms with E-state index in [9.17, 15) is 9.59 Å². The Kier molecular flexibility index (Phi) is 8.92. The Bertz CT molecular complexity index is 381. The lowest BCUT2D eigenvalue weighted by Gasteiger charge is -2.20. The highest BCUT2D eigenvalue weighted by molar-refractivity contribution is 5.74. The van der Waals surface area contributed by atoms with E-state index in [-0.39, 0.29) is 12.5 Å². The van der Waals surface area contributed by atoms with Gasteiger partial charge in [0.25, 0.3) is 0 Å². The number of guanidine groups is 1. The first-order valence-electron chi connectivity index (χ1n) is 7.13. The van der Waals surface area contributed by atoms with Gasteiger partial charge in [0, 0.05) is 19.6 Å². The molecule has 1 amide bonds. The number of aliphatic carboxylic acids is 1. The Morgan fingerprint density at radius 3 is 2.36 bits per heavy atom. The average Bonchev–Trinajstić information content (AvgIpc) is 2.33. The SMILES string of the molecule is CC(C)(C)OC(=O)NCCNC(CCCNC(=N)N)C(=O)O. The number of carbonyl (C=O) groups is 2. The first-order chi connectivity index (χ1) is 10.1. The van der Waals surface area contributed by atoms with Crippen LogP contribution in [0.2, 0.25) is 0 Å². The van der Waals surface area contributed by atoms with Crippen molar-refractivity contribution in [2.45, 2.75) is 45.3 Å². The van der Waals surface area contributed by atoms with Crippen LogP contribution in [-0.2, 0) is 9.53 Å². The van der Waals surface area contributed by atoms with Crippen LogP contribution in [0, 0.1) is 5.41 Å². The molecule has 9 nitrogen and oxygen atoms in total. The molecule has 22 heavy (non-hydrogen) atoms. The van der Waals surface area contributed by atoms with Crippen molar-refractivity contribution in [3.63, 3.8) is 0 Å². The summed E-state index contributed by atoms with van der Waals surface area (Å²) in [7, 11) is 0. The minimum atomic E-state index is -0.958. The van der Waals surface area contributed by atoms with E-state index in [1.54, 1.807) is 20.8 Å². The zero-order chi connectivity index (χ0) is 17.2. The summed E-state index contributed by atoms with van der Waals surface area (Å²) in [6.45, 7) is 6.32. The third kappa shape index (κ3) is 11.8. The Balaban J connectivity index is 3.89. The predicted octanol–water partition coefficient (Wildman–Crippen LogP) is -0.183. The molecule has 7 N–H and O–H groups in total. The molecular formula is C13H27N5O4. The second-order valence-electron chi connectivity index (χ2n) is 5.76. The third-order valence-corrected chi connectivity index (χ3v) is 2.47. The molecule has 0 aromatic rings. The van der Waals surface area contributed by atoms with Gasteiger partial charge >= 0.3 is 12.1 Å². The zero-order valence-corrected chi connectivity index (χ0v) is 13.4. The van der Waals surface area contributed by atoms with Gasteiger partial charge in [-0.1, -0.05) is 0 Å². The van der Waals surface area contributed by atoms with Gasteiger partial charge in [-0.05, 0) is 33.6 Å². The summed E-state index contributed by atoms with van der Waals surface area (Å²) in [6.07, 6.45) is 0.414. The van der Waals surface area contributed by atoms with Gasteiger partial charge in [-0.15, -0.1) is 0 Å². The molecule has 0 saturated heterocycles. The highest BCUT2D eigenvalue weighted by Gasteiger charge is 2.17. The van der Waals surface area contributed by atoms with Gasteiger partial charge in [0.15, 0.2) is 5.96 Å². The van der Waals surface area contributed by atoms with Crippen molar-refractivity contribution in [2.75, 3.05) is 19.6 Å². The number of nitrogens with two attached hydrogens (primary N) is 1. The second kappa shape index (κ2) is 9.82. The molecule has 0 rings (SSSR count). The summed E-state index contributed by atoms with van der Waals surface area (Å²) >= 11 is 0. The molecule has 0 aromatic heterocycles. The fraction of sp³-hybridized carbons (Fsp3) is 0.769. The maximum Gasteiger partial charge on any atom is 0.407 e. The molecule has 0 bridgehead atoms. The van der Waals surface area contributed by atoms with Crippen LogP contribution in [0.4, 0.5) is 4.79 Å². The maximum atomic E-state index is 11.4. The van der Waals surface area contributed by atoms with Crippen LogP contribution in [0.25, 0.3) is 0 Å². The molecule has 0 aliphatic carbocycles. The molecule has 0 spiro atoms. The molecule has 0 heterocycles. The molecule has 9 heteroatoms. The Morgan fingerprint density at radius 1 is 1.23 bits per heavy atom. The summed E-state index contributed by atoms with van der Waals surface area (Å²) in [6, 6.07) is -0.714. The van der Waals surface area contributed by atoms with Crippen LogP contribution >= 0.6 is 0 Å². The lowest BCUT2D eigenvalue weighted by molar-refractivity contribution is -0.139. The number of carboxylic acid groups (broad SMARTS) is 1. The Labute approximate surface area is 130 Å². The molecular weight excluding hydrogens is 290 g/mol. The highest BCUT2D eigenvalue weighted by atomic mass is 16.6. The minimum Gasteiger partial charge on any atom is -0.480 e. The number of rotatable bonds is 9. The summed E-state index contributed by atoms with van der Waals surface area (Å²) in [5, 5.41) is 24.1. The van der Waals surface area contributed by atoms with Crippen LogP contribution < -0.4 is 21.7 Å². The van der Waals surface area contributed by atoms with E-state index in [4.69, 9.17) is 21.0 Å². The molecule has 0 fully saturated rings. The predicted molar refractivity (Wildman–Crippen MR) is 82.8 cm³/mol. The van der Waals surface area contributed by atoms with Crippen molar-refractivity contribution in [1.82, 2.24) is 16.0 Å². The first-order valence-corrected chi connectivity index (χ1v) is 7.13.